The number of nitro benzene ring substituents is 1. The molecule has 0 spiro atoms. The van der Waals surface area contributed by atoms with Crippen LogP contribution in [0.5, 0.6) is 0 Å². The number of aryl methyl sites for hydroxylation is 1. The number of aromatic nitrogens is 2. The molecule has 2 rings (SSSR count). The molecule has 1 N–H and O–H groups in total. The predicted molar refractivity (Wildman–Crippen MR) is 77.7 cm³/mol. The predicted octanol–water partition coefficient (Wildman–Crippen LogP) is 3.12. The molecule has 1 aromatic heterocycles. The number of hydrogen-bond acceptors (Lipinski definition) is 4. The first-order valence-corrected chi connectivity index (χ1v) is 6.61. The van der Waals surface area contributed by atoms with Crippen molar-refractivity contribution in [3.63, 3.8) is 0 Å². The van der Waals surface area contributed by atoms with E-state index >= 15 is 0 Å². The van der Waals surface area contributed by atoms with E-state index in [1.807, 2.05) is 12.3 Å². The molecule has 1 aromatic carbocycles. The molecule has 1 heterocycles. The Balaban J connectivity index is 2.13. The Morgan fingerprint density at radius 2 is 2.25 bits per heavy atom. The van der Waals surface area contributed by atoms with Crippen LogP contribution in [0, 0.1) is 17.0 Å². The van der Waals surface area contributed by atoms with Crippen molar-refractivity contribution in [2.24, 2.45) is 0 Å². The number of anilines is 1. The van der Waals surface area contributed by atoms with Gasteiger partial charge in [0.1, 0.15) is 5.82 Å². The number of benzene rings is 1. The maximum atomic E-state index is 10.9. The fourth-order valence-corrected chi connectivity index (χ4v) is 2.14. The summed E-state index contributed by atoms with van der Waals surface area (Å²) in [7, 11) is 0. The Morgan fingerprint density at radius 1 is 1.45 bits per heavy atom. The van der Waals surface area contributed by atoms with Crippen LogP contribution in [0.15, 0.2) is 30.6 Å². The summed E-state index contributed by atoms with van der Waals surface area (Å²) in [6.07, 6.45) is 4.76. The molecular formula is C14H18N4O2. The highest BCUT2D eigenvalue weighted by Gasteiger charge is 2.13. The first-order chi connectivity index (χ1) is 9.63. The van der Waals surface area contributed by atoms with Crippen LogP contribution in [0.2, 0.25) is 0 Å². The fourth-order valence-electron chi connectivity index (χ4n) is 2.14. The number of imidazole rings is 1. The van der Waals surface area contributed by atoms with E-state index in [4.69, 9.17) is 0 Å². The van der Waals surface area contributed by atoms with Gasteiger partial charge in [-0.3, -0.25) is 10.1 Å². The van der Waals surface area contributed by atoms with Crippen LogP contribution < -0.4 is 5.32 Å². The zero-order valence-corrected chi connectivity index (χ0v) is 11.7. The zero-order chi connectivity index (χ0) is 14.5. The minimum Gasteiger partial charge on any atom is -0.377 e. The highest BCUT2D eigenvalue weighted by molar-refractivity contribution is 5.59. The SMILES string of the molecule is CCCn1ccnc1CNc1cccc([N+](=O)[O-])c1C. The quantitative estimate of drug-likeness (QED) is 0.648. The Morgan fingerprint density at radius 3 is 2.95 bits per heavy atom. The van der Waals surface area contributed by atoms with E-state index in [1.165, 1.54) is 6.07 Å². The summed E-state index contributed by atoms with van der Waals surface area (Å²) >= 11 is 0. The molecule has 0 atom stereocenters. The second-order valence-electron chi connectivity index (χ2n) is 4.60. The fraction of sp³-hybridized carbons (Fsp3) is 0.357. The van der Waals surface area contributed by atoms with E-state index in [-0.39, 0.29) is 10.6 Å². The minimum absolute atomic E-state index is 0.131. The number of nitrogens with one attached hydrogen (secondary N) is 1. The highest BCUT2D eigenvalue weighted by Crippen LogP contribution is 2.25. The van der Waals surface area contributed by atoms with Gasteiger partial charge in [-0.05, 0) is 19.4 Å². The third-order valence-corrected chi connectivity index (χ3v) is 3.21. The van der Waals surface area contributed by atoms with Crippen LogP contribution in [-0.4, -0.2) is 14.5 Å². The van der Waals surface area contributed by atoms with Gasteiger partial charge < -0.3 is 9.88 Å². The Hall–Kier alpha value is -2.37. The summed E-state index contributed by atoms with van der Waals surface area (Å²) in [5.41, 5.74) is 1.54. The van der Waals surface area contributed by atoms with E-state index in [9.17, 15) is 10.1 Å². The first-order valence-electron chi connectivity index (χ1n) is 6.61. The summed E-state index contributed by atoms with van der Waals surface area (Å²) < 4.78 is 2.08. The van der Waals surface area contributed by atoms with Crippen molar-refractivity contribution in [1.82, 2.24) is 9.55 Å². The number of rotatable bonds is 6. The van der Waals surface area contributed by atoms with Gasteiger partial charge in [-0.15, -0.1) is 0 Å². The van der Waals surface area contributed by atoms with Crippen LogP contribution in [0.25, 0.3) is 0 Å². The van der Waals surface area contributed by atoms with Gasteiger partial charge in [0.25, 0.3) is 5.69 Å². The average Bonchev–Trinajstić information content (AvgIpc) is 2.85. The largest absolute Gasteiger partial charge is 0.377 e. The summed E-state index contributed by atoms with van der Waals surface area (Å²) in [5, 5.41) is 14.1. The average molecular weight is 274 g/mol. The van der Waals surface area contributed by atoms with Crippen LogP contribution in [-0.2, 0) is 13.1 Å². The maximum absolute atomic E-state index is 10.9. The van der Waals surface area contributed by atoms with Crippen LogP contribution >= 0.6 is 0 Å². The van der Waals surface area contributed by atoms with Gasteiger partial charge in [0, 0.05) is 36.3 Å². The van der Waals surface area contributed by atoms with Gasteiger partial charge >= 0.3 is 0 Å². The molecule has 6 nitrogen and oxygen atoms in total. The van der Waals surface area contributed by atoms with Crippen molar-refractivity contribution in [2.45, 2.75) is 33.4 Å². The molecular weight excluding hydrogens is 256 g/mol. The van der Waals surface area contributed by atoms with Crippen molar-refractivity contribution in [1.29, 1.82) is 0 Å². The summed E-state index contributed by atoms with van der Waals surface area (Å²) in [4.78, 5) is 14.8. The molecule has 2 aromatic rings. The lowest BCUT2D eigenvalue weighted by molar-refractivity contribution is -0.385. The van der Waals surface area contributed by atoms with Crippen molar-refractivity contribution in [3.05, 3.63) is 52.1 Å². The molecule has 20 heavy (non-hydrogen) atoms. The number of nitrogens with zero attached hydrogens (tertiary/aromatic N) is 3. The van der Waals surface area contributed by atoms with Crippen LogP contribution in [0.4, 0.5) is 11.4 Å². The topological polar surface area (TPSA) is 73.0 Å². The number of nitro groups is 1. The zero-order valence-electron chi connectivity index (χ0n) is 11.7. The van der Waals surface area contributed by atoms with Crippen LogP contribution in [0.3, 0.4) is 0 Å². The Bertz CT molecular complexity index is 607. The molecule has 0 unspecified atom stereocenters. The lowest BCUT2D eigenvalue weighted by Crippen LogP contribution is -2.09. The highest BCUT2D eigenvalue weighted by atomic mass is 16.6. The van der Waals surface area contributed by atoms with Gasteiger partial charge in [-0.1, -0.05) is 13.0 Å². The standard InChI is InChI=1S/C14H18N4O2/c1-3-8-17-9-7-15-14(17)10-16-12-5-4-6-13(11(12)2)18(19)20/h4-7,9,16H,3,8,10H2,1-2H3. The molecule has 106 valence electrons. The monoisotopic (exact) mass is 274 g/mol. The summed E-state index contributed by atoms with van der Waals surface area (Å²) in [6, 6.07) is 5.04. The summed E-state index contributed by atoms with van der Waals surface area (Å²) in [6.45, 7) is 5.33. The molecule has 0 aliphatic carbocycles. The summed E-state index contributed by atoms with van der Waals surface area (Å²) in [5.74, 6) is 0.928. The van der Waals surface area contributed by atoms with Gasteiger partial charge in [0.05, 0.1) is 11.5 Å². The molecule has 0 radical (unpaired) electrons. The lowest BCUT2D eigenvalue weighted by Gasteiger charge is -2.11. The smallest absolute Gasteiger partial charge is 0.274 e. The first kappa shape index (κ1) is 14.0. The molecule has 0 aliphatic heterocycles. The molecule has 0 amide bonds. The van der Waals surface area contributed by atoms with Gasteiger partial charge in [0.15, 0.2) is 0 Å². The minimum atomic E-state index is -0.363. The van der Waals surface area contributed by atoms with E-state index < -0.39 is 0 Å². The van der Waals surface area contributed by atoms with Crippen molar-refractivity contribution < 1.29 is 4.92 Å². The normalized spacial score (nSPS) is 10.5. The van der Waals surface area contributed by atoms with E-state index in [0.29, 0.717) is 12.1 Å². The van der Waals surface area contributed by atoms with Gasteiger partial charge in [-0.2, -0.15) is 0 Å². The molecule has 6 heteroatoms. The third kappa shape index (κ3) is 2.96. The molecule has 0 aliphatic rings. The second kappa shape index (κ2) is 6.18. The molecule has 0 bridgehead atoms. The molecule has 0 saturated carbocycles. The molecule has 0 saturated heterocycles. The van der Waals surface area contributed by atoms with Crippen LogP contribution in [0.1, 0.15) is 24.7 Å². The maximum Gasteiger partial charge on any atom is 0.274 e. The molecule has 0 fully saturated rings. The Labute approximate surface area is 117 Å². The second-order valence-corrected chi connectivity index (χ2v) is 4.60. The number of hydrogen-bond donors (Lipinski definition) is 1. The van der Waals surface area contributed by atoms with Crippen molar-refractivity contribution in [2.75, 3.05) is 5.32 Å². The Kier molecular flexibility index (Phi) is 4.34. The van der Waals surface area contributed by atoms with Gasteiger partial charge in [-0.25, -0.2) is 4.98 Å². The van der Waals surface area contributed by atoms with Crippen molar-refractivity contribution >= 4 is 11.4 Å². The lowest BCUT2D eigenvalue weighted by atomic mass is 10.1. The van der Waals surface area contributed by atoms with Gasteiger partial charge in [0.2, 0.25) is 0 Å². The van der Waals surface area contributed by atoms with E-state index in [1.54, 1.807) is 19.2 Å². The van der Waals surface area contributed by atoms with Crippen molar-refractivity contribution in [3.8, 4) is 0 Å². The van der Waals surface area contributed by atoms with E-state index in [0.717, 1.165) is 24.5 Å². The van der Waals surface area contributed by atoms with E-state index in [2.05, 4.69) is 21.8 Å². The third-order valence-electron chi connectivity index (χ3n) is 3.21.